The third-order valence-corrected chi connectivity index (χ3v) is 8.09. The Labute approximate surface area is 248 Å². The maximum absolute atomic E-state index is 13.6. The average Bonchev–Trinajstić information content (AvgIpc) is 3.10. The van der Waals surface area contributed by atoms with E-state index in [2.05, 4.69) is 15.3 Å². The Hall–Kier alpha value is -2.83. The highest BCUT2D eigenvalue weighted by Gasteiger charge is 2.49. The summed E-state index contributed by atoms with van der Waals surface area (Å²) in [6, 6.07) is 5.36. The van der Waals surface area contributed by atoms with Gasteiger partial charge in [0, 0.05) is 31.9 Å². The van der Waals surface area contributed by atoms with Crippen LogP contribution in [0, 0.1) is 17.8 Å². The van der Waals surface area contributed by atoms with Crippen molar-refractivity contribution in [3.8, 4) is 0 Å². The van der Waals surface area contributed by atoms with Gasteiger partial charge in [0.1, 0.15) is 5.02 Å². The van der Waals surface area contributed by atoms with E-state index in [1.165, 1.54) is 6.20 Å². The largest absolute Gasteiger partial charge is 0.392 e. The van der Waals surface area contributed by atoms with E-state index in [1.54, 1.807) is 73.8 Å². The number of piperidine rings is 1. The Bertz CT molecular complexity index is 1460. The number of rotatable bonds is 9. The third kappa shape index (κ3) is 7.38. The molecule has 1 aliphatic rings. The predicted octanol–water partition coefficient (Wildman–Crippen LogP) is 5.58. The molecule has 2 aromatic heterocycles. The Morgan fingerprint density at radius 1 is 0.976 bits per heavy atom. The number of imidazole rings is 1. The van der Waals surface area contributed by atoms with Gasteiger partial charge in [0.05, 0.1) is 34.4 Å². The van der Waals surface area contributed by atoms with Gasteiger partial charge < -0.3 is 20.4 Å². The summed E-state index contributed by atoms with van der Waals surface area (Å²) in [4.78, 5) is 24.0. The molecule has 9 nitrogen and oxygen atoms in total. The van der Waals surface area contributed by atoms with Crippen LogP contribution >= 0.6 is 11.6 Å². The summed E-state index contributed by atoms with van der Waals surface area (Å²) in [6.45, 7) is 10.8. The van der Waals surface area contributed by atoms with E-state index in [0.29, 0.717) is 36.1 Å². The SMILES string of the molecule is C[C@@H]1CN(c2ncc(Cl)c(Nc3ccc4c(c3)n(CCC(C)(C)O)c(=O)n4CCC(C)(C)O)n2)C[C@H](C)C1C(F)(F)F. The molecule has 3 N–H and O–H groups in total. The third-order valence-electron chi connectivity index (χ3n) is 7.81. The molecule has 1 aromatic carbocycles. The van der Waals surface area contributed by atoms with Gasteiger partial charge in [-0.15, -0.1) is 0 Å². The molecule has 1 saturated heterocycles. The van der Waals surface area contributed by atoms with Crippen LogP contribution in [0.25, 0.3) is 11.0 Å². The van der Waals surface area contributed by atoms with E-state index in [0.717, 1.165) is 0 Å². The molecule has 3 aromatic rings. The second-order valence-electron chi connectivity index (χ2n) is 12.8. The first-order valence-corrected chi connectivity index (χ1v) is 14.5. The molecule has 1 aliphatic heterocycles. The number of aryl methyl sites for hydroxylation is 2. The van der Waals surface area contributed by atoms with Gasteiger partial charge in [-0.25, -0.2) is 9.78 Å². The fourth-order valence-corrected chi connectivity index (χ4v) is 5.84. The lowest BCUT2D eigenvalue weighted by Crippen LogP contribution is -2.50. The van der Waals surface area contributed by atoms with Gasteiger partial charge in [0.2, 0.25) is 5.95 Å². The number of anilines is 3. The van der Waals surface area contributed by atoms with Crippen LogP contribution < -0.4 is 15.9 Å². The summed E-state index contributed by atoms with van der Waals surface area (Å²) in [5, 5.41) is 24.0. The number of benzene rings is 1. The zero-order chi connectivity index (χ0) is 31.2. The van der Waals surface area contributed by atoms with Crippen LogP contribution in [0.15, 0.2) is 29.2 Å². The van der Waals surface area contributed by atoms with Gasteiger partial charge >= 0.3 is 11.9 Å². The van der Waals surface area contributed by atoms with Crippen molar-refractivity contribution in [1.29, 1.82) is 0 Å². The van der Waals surface area contributed by atoms with Crippen LogP contribution in [0.3, 0.4) is 0 Å². The predicted molar refractivity (Wildman–Crippen MR) is 158 cm³/mol. The van der Waals surface area contributed by atoms with Crippen LogP contribution in [-0.4, -0.2) is 59.8 Å². The molecule has 0 saturated carbocycles. The van der Waals surface area contributed by atoms with E-state index in [4.69, 9.17) is 11.6 Å². The summed E-state index contributed by atoms with van der Waals surface area (Å²) in [6.07, 6.45) is -2.13. The molecule has 1 fully saturated rings. The number of hydrogen-bond donors (Lipinski definition) is 3. The monoisotopic (exact) mass is 612 g/mol. The highest BCUT2D eigenvalue weighted by Crippen LogP contribution is 2.41. The van der Waals surface area contributed by atoms with E-state index in [1.807, 2.05) is 0 Å². The summed E-state index contributed by atoms with van der Waals surface area (Å²) >= 11 is 6.42. The number of nitrogens with one attached hydrogen (secondary N) is 1. The van der Waals surface area contributed by atoms with Gasteiger partial charge in [0.15, 0.2) is 5.82 Å². The fraction of sp³-hybridized carbons (Fsp3) is 0.621. The molecule has 1 unspecified atom stereocenters. The minimum absolute atomic E-state index is 0.160. The van der Waals surface area contributed by atoms with Gasteiger partial charge in [-0.2, -0.15) is 18.2 Å². The summed E-state index contributed by atoms with van der Waals surface area (Å²) < 4.78 is 43.9. The second-order valence-corrected chi connectivity index (χ2v) is 13.2. The van der Waals surface area contributed by atoms with Gasteiger partial charge in [0.25, 0.3) is 0 Å². The minimum atomic E-state index is -4.27. The molecule has 4 rings (SSSR count). The summed E-state index contributed by atoms with van der Waals surface area (Å²) in [7, 11) is 0. The Morgan fingerprint density at radius 2 is 1.52 bits per heavy atom. The number of hydrogen-bond acceptors (Lipinski definition) is 7. The van der Waals surface area contributed by atoms with Crippen LogP contribution in [0.5, 0.6) is 0 Å². The van der Waals surface area contributed by atoms with Crippen molar-refractivity contribution in [1.82, 2.24) is 19.1 Å². The fourth-order valence-electron chi connectivity index (χ4n) is 5.70. The molecule has 0 spiro atoms. The molecule has 42 heavy (non-hydrogen) atoms. The minimum Gasteiger partial charge on any atom is -0.390 e. The maximum atomic E-state index is 13.6. The van der Waals surface area contributed by atoms with Crippen molar-refractivity contribution in [2.75, 3.05) is 23.3 Å². The molecule has 0 aliphatic carbocycles. The van der Waals surface area contributed by atoms with Gasteiger partial charge in [-0.05, 0) is 70.6 Å². The number of nitrogens with zero attached hydrogens (tertiary/aromatic N) is 5. The maximum Gasteiger partial charge on any atom is 0.392 e. The number of alkyl halides is 3. The topological polar surface area (TPSA) is 108 Å². The highest BCUT2D eigenvalue weighted by atomic mass is 35.5. The first kappa shape index (κ1) is 32.1. The zero-order valence-corrected chi connectivity index (χ0v) is 25.6. The number of fused-ring (bicyclic) bond motifs is 1. The number of aromatic nitrogens is 4. The van der Waals surface area contributed by atoms with Gasteiger partial charge in [-0.3, -0.25) is 9.13 Å². The van der Waals surface area contributed by atoms with Crippen molar-refractivity contribution in [3.63, 3.8) is 0 Å². The molecular weight excluding hydrogens is 573 g/mol. The van der Waals surface area contributed by atoms with Gasteiger partial charge in [-0.1, -0.05) is 25.4 Å². The quantitative estimate of drug-likeness (QED) is 0.289. The average molecular weight is 613 g/mol. The van der Waals surface area contributed by atoms with Crippen LogP contribution in [0.2, 0.25) is 5.02 Å². The summed E-state index contributed by atoms with van der Waals surface area (Å²) in [5.41, 5.74) is -0.290. The number of halogens is 4. The van der Waals surface area contributed by atoms with Crippen molar-refractivity contribution in [2.24, 2.45) is 17.8 Å². The van der Waals surface area contributed by atoms with Crippen LogP contribution in [0.4, 0.5) is 30.6 Å². The molecule has 13 heteroatoms. The lowest BCUT2D eigenvalue weighted by Gasteiger charge is -2.42. The smallest absolute Gasteiger partial charge is 0.390 e. The van der Waals surface area contributed by atoms with Crippen LogP contribution in [0.1, 0.15) is 54.4 Å². The molecule has 3 heterocycles. The zero-order valence-electron chi connectivity index (χ0n) is 24.8. The van der Waals surface area contributed by atoms with Crippen LogP contribution in [-0.2, 0) is 13.1 Å². The first-order valence-electron chi connectivity index (χ1n) is 14.1. The molecule has 0 bridgehead atoms. The first-order chi connectivity index (χ1) is 19.3. The molecule has 0 amide bonds. The van der Waals surface area contributed by atoms with E-state index < -0.39 is 35.1 Å². The molecular formula is C29H40ClF3N6O3. The van der Waals surface area contributed by atoms with Crippen molar-refractivity contribution in [2.45, 2.75) is 84.9 Å². The van der Waals surface area contributed by atoms with Crippen molar-refractivity contribution < 1.29 is 23.4 Å². The standard InChI is InChI=1S/C29H40ClF3N6O3/c1-17-15-37(16-18(2)23(17)29(31,32)33)25-34-14-20(30)24(36-25)35-19-7-8-21-22(13-19)39(12-10-28(5,6)42)26(40)38(21)11-9-27(3,4)41/h7-8,13-14,17-18,23,41-42H,9-12,15-16H2,1-6H3,(H,34,35,36)/t17-,18+,23?. The van der Waals surface area contributed by atoms with E-state index >= 15 is 0 Å². The van der Waals surface area contributed by atoms with E-state index in [9.17, 15) is 28.2 Å². The summed E-state index contributed by atoms with van der Waals surface area (Å²) in [5.74, 6) is -2.09. The Kier molecular flexibility index (Phi) is 8.93. The lowest BCUT2D eigenvalue weighted by atomic mass is 9.79. The van der Waals surface area contributed by atoms with Crippen molar-refractivity contribution >= 4 is 40.1 Å². The molecule has 0 radical (unpaired) electrons. The lowest BCUT2D eigenvalue weighted by molar-refractivity contribution is -0.203. The number of aliphatic hydroxyl groups is 2. The van der Waals surface area contributed by atoms with Crippen molar-refractivity contribution in [3.05, 3.63) is 39.9 Å². The van der Waals surface area contributed by atoms with E-state index in [-0.39, 0.29) is 42.1 Å². The highest BCUT2D eigenvalue weighted by molar-refractivity contribution is 6.32. The molecule has 3 atom stereocenters. The normalized spacial score (nSPS) is 20.4. The Balaban J connectivity index is 1.65. The second kappa shape index (κ2) is 11.7. The Morgan fingerprint density at radius 3 is 2.05 bits per heavy atom. The molecule has 232 valence electrons.